The summed E-state index contributed by atoms with van der Waals surface area (Å²) in [5, 5.41) is 21.6. The molecule has 1 amide bonds. The number of hydrogen-bond donors (Lipinski definition) is 1. The lowest BCUT2D eigenvalue weighted by Crippen LogP contribution is -2.48. The molecule has 0 bridgehead atoms. The number of nitriles is 1. The molecule has 2 aromatic carbocycles. The van der Waals surface area contributed by atoms with Gasteiger partial charge in [0.05, 0.1) is 29.5 Å². The Balaban J connectivity index is 1.79. The van der Waals surface area contributed by atoms with E-state index in [0.717, 1.165) is 5.56 Å². The van der Waals surface area contributed by atoms with E-state index in [1.165, 1.54) is 40.9 Å². The molecule has 5 nitrogen and oxygen atoms in total. The quantitative estimate of drug-likeness (QED) is 0.860. The van der Waals surface area contributed by atoms with E-state index >= 15 is 0 Å². The van der Waals surface area contributed by atoms with E-state index in [9.17, 15) is 19.6 Å². The smallest absolute Gasteiger partial charge is 0.231 e. The van der Waals surface area contributed by atoms with Crippen LogP contribution in [-0.2, 0) is 10.5 Å². The highest BCUT2D eigenvalue weighted by atomic mass is 32.2. The number of thioether (sulfide) groups is 1. The molecule has 2 heterocycles. The Morgan fingerprint density at radius 3 is 2.75 bits per heavy atom. The molecule has 2 unspecified atom stereocenters. The number of hydrogen-bond acceptors (Lipinski definition) is 5. The zero-order valence-electron chi connectivity index (χ0n) is 15.1. The molecule has 1 N–H and O–H groups in total. The molecule has 1 saturated heterocycles. The van der Waals surface area contributed by atoms with Crippen molar-refractivity contribution in [1.82, 2.24) is 4.90 Å². The monoisotopic (exact) mass is 396 g/mol. The normalized spacial score (nSPS) is 24.1. The van der Waals surface area contributed by atoms with Crippen molar-refractivity contribution >= 4 is 17.7 Å². The van der Waals surface area contributed by atoms with E-state index in [1.54, 1.807) is 13.2 Å². The number of aliphatic hydroxyl groups is 1. The van der Waals surface area contributed by atoms with Crippen molar-refractivity contribution in [1.29, 1.82) is 5.26 Å². The summed E-state index contributed by atoms with van der Waals surface area (Å²) in [6.45, 7) is 0. The van der Waals surface area contributed by atoms with Gasteiger partial charge in [-0.05, 0) is 29.8 Å². The van der Waals surface area contributed by atoms with Gasteiger partial charge >= 0.3 is 0 Å². The lowest BCUT2D eigenvalue weighted by Gasteiger charge is -2.38. The number of halogens is 1. The molecule has 0 radical (unpaired) electrons. The van der Waals surface area contributed by atoms with Crippen molar-refractivity contribution in [3.8, 4) is 11.8 Å². The largest absolute Gasteiger partial charge is 0.497 e. The van der Waals surface area contributed by atoms with Gasteiger partial charge in [-0.15, -0.1) is 11.8 Å². The highest BCUT2D eigenvalue weighted by molar-refractivity contribution is 8.03. The molecule has 2 aliphatic rings. The number of carbonyl (C=O) groups excluding carboxylic acids is 1. The van der Waals surface area contributed by atoms with E-state index in [-0.39, 0.29) is 18.1 Å². The highest BCUT2D eigenvalue weighted by Gasteiger charge is 2.51. The van der Waals surface area contributed by atoms with Gasteiger partial charge < -0.3 is 9.84 Å². The summed E-state index contributed by atoms with van der Waals surface area (Å²) in [5.74, 6) is -0.276. The number of carbonyl (C=O) groups is 1. The molecule has 2 aliphatic heterocycles. The van der Waals surface area contributed by atoms with Crippen LogP contribution in [0.25, 0.3) is 0 Å². The van der Waals surface area contributed by atoms with Crippen LogP contribution in [0.15, 0.2) is 59.1 Å². The summed E-state index contributed by atoms with van der Waals surface area (Å²) < 4.78 is 18.6. The average Bonchev–Trinajstić information content (AvgIpc) is 3.07. The maximum Gasteiger partial charge on any atom is 0.231 e. The van der Waals surface area contributed by atoms with Crippen LogP contribution in [0.1, 0.15) is 23.5 Å². The van der Waals surface area contributed by atoms with Gasteiger partial charge in [0.2, 0.25) is 5.91 Å². The third-order valence-corrected chi connectivity index (χ3v) is 6.34. The molecule has 4 rings (SSSR count). The Bertz CT molecular complexity index is 1020. The molecule has 0 aromatic heterocycles. The zero-order chi connectivity index (χ0) is 19.9. The van der Waals surface area contributed by atoms with E-state index in [2.05, 4.69) is 6.07 Å². The van der Waals surface area contributed by atoms with Gasteiger partial charge in [-0.2, -0.15) is 5.26 Å². The minimum atomic E-state index is -1.60. The predicted molar refractivity (Wildman–Crippen MR) is 103 cm³/mol. The number of rotatable bonds is 3. The highest BCUT2D eigenvalue weighted by Crippen LogP contribution is 2.51. The van der Waals surface area contributed by atoms with Gasteiger partial charge in [0.15, 0.2) is 5.72 Å². The summed E-state index contributed by atoms with van der Waals surface area (Å²) in [6, 6.07) is 15.0. The molecule has 1 fully saturated rings. The minimum absolute atomic E-state index is 0.0592. The first-order valence-corrected chi connectivity index (χ1v) is 9.69. The maximum atomic E-state index is 13.3. The van der Waals surface area contributed by atoms with Crippen LogP contribution >= 0.6 is 11.8 Å². The number of ether oxygens (including phenoxy) is 1. The van der Waals surface area contributed by atoms with E-state index < -0.39 is 17.5 Å². The lowest BCUT2D eigenvalue weighted by atomic mass is 9.85. The predicted octanol–water partition coefficient (Wildman–Crippen LogP) is 3.48. The van der Waals surface area contributed by atoms with Crippen LogP contribution in [0.3, 0.4) is 0 Å². The van der Waals surface area contributed by atoms with Gasteiger partial charge in [-0.1, -0.05) is 24.3 Å². The summed E-state index contributed by atoms with van der Waals surface area (Å²) in [7, 11) is 1.56. The third-order valence-electron chi connectivity index (χ3n) is 5.11. The molecule has 28 heavy (non-hydrogen) atoms. The third kappa shape index (κ3) is 2.86. The molecule has 7 heteroatoms. The Morgan fingerprint density at radius 1 is 1.32 bits per heavy atom. The second-order valence-electron chi connectivity index (χ2n) is 6.71. The van der Waals surface area contributed by atoms with Crippen LogP contribution in [0.5, 0.6) is 5.75 Å². The molecule has 0 aliphatic carbocycles. The maximum absolute atomic E-state index is 13.3. The molecule has 2 atom stereocenters. The molecule has 142 valence electrons. The van der Waals surface area contributed by atoms with E-state index in [1.807, 2.05) is 18.2 Å². The number of fused-ring (bicyclic) bond motifs is 1. The van der Waals surface area contributed by atoms with Crippen molar-refractivity contribution < 1.29 is 19.0 Å². The number of amides is 1. The van der Waals surface area contributed by atoms with Gasteiger partial charge in [0, 0.05) is 17.9 Å². The molecular weight excluding hydrogens is 379 g/mol. The van der Waals surface area contributed by atoms with Gasteiger partial charge in [-0.3, -0.25) is 9.69 Å². The van der Waals surface area contributed by atoms with Gasteiger partial charge in [0.1, 0.15) is 11.6 Å². The summed E-state index contributed by atoms with van der Waals surface area (Å²) in [6.07, 6.45) is 0.0592. The van der Waals surface area contributed by atoms with Crippen LogP contribution in [0.4, 0.5) is 4.39 Å². The van der Waals surface area contributed by atoms with Crippen molar-refractivity contribution in [2.75, 3.05) is 12.9 Å². The van der Waals surface area contributed by atoms with Crippen LogP contribution in [-0.4, -0.2) is 28.8 Å². The second kappa shape index (κ2) is 6.97. The van der Waals surface area contributed by atoms with Crippen molar-refractivity contribution in [3.63, 3.8) is 0 Å². The van der Waals surface area contributed by atoms with Crippen molar-refractivity contribution in [3.05, 3.63) is 76.1 Å². The molecule has 0 spiro atoms. The van der Waals surface area contributed by atoms with Gasteiger partial charge in [0.25, 0.3) is 0 Å². The summed E-state index contributed by atoms with van der Waals surface area (Å²) >= 11 is 1.26. The second-order valence-corrected chi connectivity index (χ2v) is 7.67. The molecular formula is C21H17FN2O3S. The van der Waals surface area contributed by atoms with Crippen molar-refractivity contribution in [2.45, 2.75) is 18.1 Å². The fourth-order valence-corrected chi connectivity index (χ4v) is 5.06. The Labute approximate surface area is 166 Å². The van der Waals surface area contributed by atoms with E-state index in [0.29, 0.717) is 21.9 Å². The lowest BCUT2D eigenvalue weighted by molar-refractivity contribution is -0.149. The summed E-state index contributed by atoms with van der Waals surface area (Å²) in [4.78, 5) is 14.3. The Hall–Kier alpha value is -2.82. The van der Waals surface area contributed by atoms with Crippen LogP contribution in [0, 0.1) is 17.1 Å². The first-order valence-electron chi connectivity index (χ1n) is 8.70. The zero-order valence-corrected chi connectivity index (χ0v) is 15.9. The fraction of sp³-hybridized carbons (Fsp3) is 0.238. The molecule has 2 aromatic rings. The Morgan fingerprint density at radius 2 is 2.07 bits per heavy atom. The topological polar surface area (TPSA) is 73.6 Å². The van der Waals surface area contributed by atoms with Crippen LogP contribution in [0.2, 0.25) is 0 Å². The SMILES string of the molecule is COc1cccc(C2CC(=O)N3C(=C2C#N)SCC3(O)c2ccc(F)cc2)c1. The number of allylic oxidation sites excluding steroid dienone is 1. The average molecular weight is 396 g/mol. The minimum Gasteiger partial charge on any atom is -0.497 e. The van der Waals surface area contributed by atoms with Crippen molar-refractivity contribution in [2.24, 2.45) is 0 Å². The number of nitrogens with zero attached hydrogens (tertiary/aromatic N) is 2. The first kappa shape index (κ1) is 18.5. The number of benzene rings is 2. The molecule has 0 saturated carbocycles. The van der Waals surface area contributed by atoms with Crippen LogP contribution < -0.4 is 4.74 Å². The first-order chi connectivity index (χ1) is 13.5. The number of methoxy groups -OCH3 is 1. The van der Waals surface area contributed by atoms with Gasteiger partial charge in [-0.25, -0.2) is 4.39 Å². The van der Waals surface area contributed by atoms with E-state index in [4.69, 9.17) is 4.74 Å². The summed E-state index contributed by atoms with van der Waals surface area (Å²) in [5.41, 5.74) is 0.0682. The Kier molecular flexibility index (Phi) is 4.61. The standard InChI is InChI=1S/C21H17FN2O3S/c1-27-16-4-2-3-13(9-16)17-10-19(25)24-20(18(17)11-23)28-12-21(24,26)14-5-7-15(22)8-6-14/h2-9,17,26H,10,12H2,1H3. The fourth-order valence-electron chi connectivity index (χ4n) is 3.70.